The third-order valence-electron chi connectivity index (χ3n) is 6.48. The molecule has 0 N–H and O–H groups in total. The van der Waals surface area contributed by atoms with Crippen LogP contribution in [0.1, 0.15) is 40.7 Å². The van der Waals surface area contributed by atoms with Crippen molar-refractivity contribution in [3.05, 3.63) is 125 Å². The molecule has 1 atom stereocenters. The van der Waals surface area contributed by atoms with Crippen molar-refractivity contribution in [2.75, 3.05) is 0 Å². The number of pyridine rings is 2. The molecule has 0 spiro atoms. The van der Waals surface area contributed by atoms with Crippen LogP contribution in [0.3, 0.4) is 0 Å². The van der Waals surface area contributed by atoms with E-state index < -0.39 is 17.3 Å². The highest BCUT2D eigenvalue weighted by Crippen LogP contribution is 2.39. The van der Waals surface area contributed by atoms with Gasteiger partial charge in [0.25, 0.3) is 0 Å². The van der Waals surface area contributed by atoms with Gasteiger partial charge in [-0.2, -0.15) is 13.2 Å². The molecule has 4 nitrogen and oxygen atoms in total. The number of alkyl halides is 3. The fourth-order valence-electron chi connectivity index (χ4n) is 4.65. The van der Waals surface area contributed by atoms with Crippen LogP contribution in [-0.4, -0.2) is 19.5 Å². The number of hydrogen-bond donors (Lipinski definition) is 0. The standard InChI is InChI=1S/C28H23F3N4/c1-27(24-10-6-7-13-33-24,25-17-32-18-35(25)2)22-11-12-23-20(16-22)15-21(26(34-23)28(29,30)31)14-19-8-4-3-5-9-19/h3-13,15-18H,14H2,1-2H3. The first-order chi connectivity index (χ1) is 16.8. The molecule has 0 saturated heterocycles. The van der Waals surface area contributed by atoms with Crippen LogP contribution in [-0.2, 0) is 25.1 Å². The van der Waals surface area contributed by atoms with E-state index in [4.69, 9.17) is 0 Å². The second kappa shape index (κ2) is 8.65. The van der Waals surface area contributed by atoms with E-state index in [1.807, 2.05) is 72.3 Å². The zero-order valence-corrected chi connectivity index (χ0v) is 19.3. The van der Waals surface area contributed by atoms with Gasteiger partial charge in [-0.05, 0) is 60.4 Å². The molecule has 3 heterocycles. The normalized spacial score (nSPS) is 13.6. The maximum atomic E-state index is 13.9. The van der Waals surface area contributed by atoms with E-state index in [9.17, 15) is 13.2 Å². The van der Waals surface area contributed by atoms with E-state index in [2.05, 4.69) is 21.9 Å². The topological polar surface area (TPSA) is 43.6 Å². The molecule has 0 aliphatic carbocycles. The molecule has 0 aliphatic heterocycles. The van der Waals surface area contributed by atoms with E-state index in [1.165, 1.54) is 0 Å². The molecule has 0 fully saturated rings. The average Bonchev–Trinajstić information content (AvgIpc) is 3.29. The zero-order chi connectivity index (χ0) is 24.6. The number of halogens is 3. The second-order valence-electron chi connectivity index (χ2n) is 8.79. The zero-order valence-electron chi connectivity index (χ0n) is 19.3. The van der Waals surface area contributed by atoms with Crippen LogP contribution in [0.4, 0.5) is 13.2 Å². The number of benzene rings is 2. The number of aryl methyl sites for hydroxylation is 1. The molecule has 35 heavy (non-hydrogen) atoms. The smallest absolute Gasteiger partial charge is 0.337 e. The number of nitrogens with zero attached hydrogens (tertiary/aromatic N) is 4. The van der Waals surface area contributed by atoms with Crippen molar-refractivity contribution >= 4 is 10.9 Å². The van der Waals surface area contributed by atoms with Gasteiger partial charge >= 0.3 is 6.18 Å². The van der Waals surface area contributed by atoms with E-state index in [-0.39, 0.29) is 12.0 Å². The van der Waals surface area contributed by atoms with Gasteiger partial charge in [-0.25, -0.2) is 9.97 Å². The van der Waals surface area contributed by atoms with Gasteiger partial charge in [0.05, 0.1) is 28.6 Å². The van der Waals surface area contributed by atoms with Crippen LogP contribution in [0.2, 0.25) is 0 Å². The number of imidazole rings is 1. The number of aromatic nitrogens is 4. The van der Waals surface area contributed by atoms with E-state index >= 15 is 0 Å². The summed E-state index contributed by atoms with van der Waals surface area (Å²) in [4.78, 5) is 13.0. The van der Waals surface area contributed by atoms with E-state index in [0.717, 1.165) is 22.5 Å². The molecule has 0 radical (unpaired) electrons. The third-order valence-corrected chi connectivity index (χ3v) is 6.48. The predicted octanol–water partition coefficient (Wildman–Crippen LogP) is 6.33. The summed E-state index contributed by atoms with van der Waals surface area (Å²) in [6.45, 7) is 2.05. The highest BCUT2D eigenvalue weighted by Gasteiger charge is 2.37. The summed E-state index contributed by atoms with van der Waals surface area (Å²) in [5.74, 6) is 0. The fraction of sp³-hybridized carbons (Fsp3) is 0.179. The summed E-state index contributed by atoms with van der Waals surface area (Å²) in [6, 6.07) is 21.9. The lowest BCUT2D eigenvalue weighted by Crippen LogP contribution is -2.29. The lowest BCUT2D eigenvalue weighted by molar-refractivity contribution is -0.141. The molecular formula is C28H23F3N4. The van der Waals surface area contributed by atoms with Crippen molar-refractivity contribution in [2.24, 2.45) is 7.05 Å². The van der Waals surface area contributed by atoms with Gasteiger partial charge in [0.2, 0.25) is 0 Å². The largest absolute Gasteiger partial charge is 0.433 e. The first kappa shape index (κ1) is 22.8. The minimum atomic E-state index is -4.55. The molecular weight excluding hydrogens is 449 g/mol. The van der Waals surface area contributed by atoms with E-state index in [1.54, 1.807) is 30.9 Å². The quantitative estimate of drug-likeness (QED) is 0.300. The highest BCUT2D eigenvalue weighted by molar-refractivity contribution is 5.81. The Morgan fingerprint density at radius 1 is 0.914 bits per heavy atom. The monoisotopic (exact) mass is 472 g/mol. The summed E-state index contributed by atoms with van der Waals surface area (Å²) in [7, 11) is 1.92. The highest BCUT2D eigenvalue weighted by atomic mass is 19.4. The van der Waals surface area contributed by atoms with Gasteiger partial charge in [0.15, 0.2) is 0 Å². The molecule has 176 valence electrons. The Balaban J connectivity index is 1.71. The van der Waals surface area contributed by atoms with E-state index in [0.29, 0.717) is 10.9 Å². The summed E-state index contributed by atoms with van der Waals surface area (Å²) in [5.41, 5.74) is 2.33. The van der Waals surface area contributed by atoms with Crippen molar-refractivity contribution in [1.82, 2.24) is 19.5 Å². The Hall–Kier alpha value is -4.00. The van der Waals surface area contributed by atoms with Crippen LogP contribution in [0.5, 0.6) is 0 Å². The minimum Gasteiger partial charge on any atom is -0.337 e. The molecule has 7 heteroatoms. The molecule has 2 aromatic carbocycles. The maximum absolute atomic E-state index is 13.9. The maximum Gasteiger partial charge on any atom is 0.433 e. The second-order valence-corrected chi connectivity index (χ2v) is 8.79. The summed E-state index contributed by atoms with van der Waals surface area (Å²) >= 11 is 0. The molecule has 3 aromatic heterocycles. The van der Waals surface area contributed by atoms with Crippen LogP contribution < -0.4 is 0 Å². The van der Waals surface area contributed by atoms with Crippen LogP contribution in [0.15, 0.2) is 91.5 Å². The Labute approximate surface area is 201 Å². The first-order valence-corrected chi connectivity index (χ1v) is 11.2. The lowest BCUT2D eigenvalue weighted by Gasteiger charge is -2.30. The number of rotatable bonds is 5. The van der Waals surface area contributed by atoms with Crippen molar-refractivity contribution in [3.8, 4) is 0 Å². The van der Waals surface area contributed by atoms with Crippen LogP contribution in [0.25, 0.3) is 10.9 Å². The van der Waals surface area contributed by atoms with Gasteiger partial charge in [-0.1, -0.05) is 42.5 Å². The van der Waals surface area contributed by atoms with Crippen LogP contribution >= 0.6 is 0 Å². The van der Waals surface area contributed by atoms with Crippen molar-refractivity contribution < 1.29 is 13.2 Å². The summed E-state index contributed by atoms with van der Waals surface area (Å²) in [5, 5.41) is 0.644. The van der Waals surface area contributed by atoms with Gasteiger partial charge < -0.3 is 4.57 Å². The molecule has 0 bridgehead atoms. The van der Waals surface area contributed by atoms with Crippen molar-refractivity contribution in [2.45, 2.75) is 24.9 Å². The Morgan fingerprint density at radius 2 is 1.69 bits per heavy atom. The molecule has 5 rings (SSSR count). The molecule has 5 aromatic rings. The Morgan fingerprint density at radius 3 is 2.34 bits per heavy atom. The molecule has 0 saturated carbocycles. The predicted molar refractivity (Wildman–Crippen MR) is 129 cm³/mol. The molecule has 1 unspecified atom stereocenters. The lowest BCUT2D eigenvalue weighted by atomic mass is 9.76. The number of fused-ring (bicyclic) bond motifs is 1. The summed E-state index contributed by atoms with van der Waals surface area (Å²) < 4.78 is 43.7. The van der Waals surface area contributed by atoms with Gasteiger partial charge in [-0.15, -0.1) is 0 Å². The molecule has 0 amide bonds. The van der Waals surface area contributed by atoms with Crippen molar-refractivity contribution in [1.29, 1.82) is 0 Å². The van der Waals surface area contributed by atoms with Crippen LogP contribution in [0, 0.1) is 0 Å². The molecule has 0 aliphatic rings. The fourth-order valence-corrected chi connectivity index (χ4v) is 4.65. The first-order valence-electron chi connectivity index (χ1n) is 11.2. The third kappa shape index (κ3) is 4.18. The van der Waals surface area contributed by atoms with Crippen molar-refractivity contribution in [3.63, 3.8) is 0 Å². The summed E-state index contributed by atoms with van der Waals surface area (Å²) in [6.07, 6.45) is 0.855. The Bertz CT molecular complexity index is 1480. The number of hydrogen-bond acceptors (Lipinski definition) is 3. The van der Waals surface area contributed by atoms with Gasteiger partial charge in [0, 0.05) is 24.8 Å². The SMILES string of the molecule is Cn1cncc1C(C)(c1ccc2nc(C(F)(F)F)c(Cc3ccccc3)cc2c1)c1ccccn1. The average molecular weight is 473 g/mol. The minimum absolute atomic E-state index is 0.141. The van der Waals surface area contributed by atoms with Gasteiger partial charge in [0.1, 0.15) is 5.69 Å². The Kier molecular flexibility index (Phi) is 5.63. The van der Waals surface area contributed by atoms with Gasteiger partial charge in [-0.3, -0.25) is 4.98 Å².